The molecule has 0 aromatic heterocycles. The number of benzene rings is 1. The van der Waals surface area contributed by atoms with Gasteiger partial charge in [-0.1, -0.05) is 11.6 Å². The van der Waals surface area contributed by atoms with E-state index in [9.17, 15) is 10.2 Å². The number of rotatable bonds is 3. The van der Waals surface area contributed by atoms with Crippen LogP contribution in [-0.4, -0.2) is 22.2 Å². The van der Waals surface area contributed by atoms with Crippen molar-refractivity contribution in [2.45, 2.75) is 12.2 Å². The van der Waals surface area contributed by atoms with Gasteiger partial charge in [-0.3, -0.25) is 0 Å². The Kier molecular flexibility index (Phi) is 4.01. The van der Waals surface area contributed by atoms with Crippen LogP contribution in [0, 0.1) is 0 Å². The summed E-state index contributed by atoms with van der Waals surface area (Å²) >= 11 is 11.2. The van der Waals surface area contributed by atoms with Gasteiger partial charge in [0.1, 0.15) is 6.10 Å². The number of hydrogen-bond acceptors (Lipinski definition) is 3. The lowest BCUT2D eigenvalue weighted by molar-refractivity contribution is 0.0328. The van der Waals surface area contributed by atoms with Crippen molar-refractivity contribution in [1.29, 1.82) is 0 Å². The molecule has 3 nitrogen and oxygen atoms in total. The number of anilines is 1. The van der Waals surface area contributed by atoms with Crippen LogP contribution in [0.1, 0.15) is 11.7 Å². The van der Waals surface area contributed by atoms with Crippen molar-refractivity contribution in [3.8, 4) is 0 Å². The van der Waals surface area contributed by atoms with Crippen LogP contribution in [0.5, 0.6) is 0 Å². The number of aliphatic hydroxyl groups is 2. The predicted octanol–water partition coefficient (Wildman–Crippen LogP) is 1.56. The van der Waals surface area contributed by atoms with E-state index >= 15 is 0 Å². The van der Waals surface area contributed by atoms with Crippen LogP contribution < -0.4 is 5.73 Å². The average molecular weight is 236 g/mol. The molecule has 1 aromatic rings. The molecule has 0 aliphatic heterocycles. The van der Waals surface area contributed by atoms with Crippen LogP contribution in [0.25, 0.3) is 0 Å². The van der Waals surface area contributed by atoms with E-state index in [1.54, 1.807) is 12.1 Å². The first-order valence-electron chi connectivity index (χ1n) is 4.03. The van der Waals surface area contributed by atoms with Crippen molar-refractivity contribution < 1.29 is 10.2 Å². The van der Waals surface area contributed by atoms with Gasteiger partial charge < -0.3 is 15.9 Å². The highest BCUT2D eigenvalue weighted by Crippen LogP contribution is 2.27. The summed E-state index contributed by atoms with van der Waals surface area (Å²) < 4.78 is 0. The van der Waals surface area contributed by atoms with E-state index in [-0.39, 0.29) is 5.88 Å². The minimum absolute atomic E-state index is 0.0632. The highest BCUT2D eigenvalue weighted by Gasteiger charge is 2.19. The van der Waals surface area contributed by atoms with E-state index in [0.29, 0.717) is 16.3 Å². The quantitative estimate of drug-likeness (QED) is 0.551. The first-order valence-corrected chi connectivity index (χ1v) is 4.94. The van der Waals surface area contributed by atoms with Crippen LogP contribution in [0.2, 0.25) is 5.02 Å². The molecule has 0 bridgehead atoms. The second kappa shape index (κ2) is 4.84. The van der Waals surface area contributed by atoms with Crippen LogP contribution in [-0.2, 0) is 0 Å². The molecule has 0 spiro atoms. The number of aliphatic hydroxyl groups excluding tert-OH is 2. The molecule has 14 heavy (non-hydrogen) atoms. The number of nitrogen functional groups attached to an aromatic ring is 1. The molecular weight excluding hydrogens is 225 g/mol. The van der Waals surface area contributed by atoms with E-state index in [4.69, 9.17) is 28.9 Å². The van der Waals surface area contributed by atoms with E-state index in [1.807, 2.05) is 0 Å². The van der Waals surface area contributed by atoms with Crippen molar-refractivity contribution in [3.63, 3.8) is 0 Å². The van der Waals surface area contributed by atoms with E-state index in [2.05, 4.69) is 0 Å². The maximum Gasteiger partial charge on any atom is 0.108 e. The third-order valence-electron chi connectivity index (χ3n) is 1.86. The van der Waals surface area contributed by atoms with Gasteiger partial charge >= 0.3 is 0 Å². The number of nitrogens with two attached hydrogens (primary N) is 1. The third kappa shape index (κ3) is 2.51. The lowest BCUT2D eigenvalue weighted by Crippen LogP contribution is -2.20. The van der Waals surface area contributed by atoms with Crippen LogP contribution >= 0.6 is 23.2 Å². The molecule has 1 aromatic carbocycles. The molecule has 0 radical (unpaired) electrons. The van der Waals surface area contributed by atoms with E-state index in [1.165, 1.54) is 6.07 Å². The summed E-state index contributed by atoms with van der Waals surface area (Å²) in [6, 6.07) is 4.70. The lowest BCUT2D eigenvalue weighted by atomic mass is 10.0. The second-order valence-electron chi connectivity index (χ2n) is 2.95. The van der Waals surface area contributed by atoms with Gasteiger partial charge in [0.15, 0.2) is 0 Å². The first kappa shape index (κ1) is 11.6. The molecule has 0 aliphatic carbocycles. The summed E-state index contributed by atoms with van der Waals surface area (Å²) in [7, 11) is 0. The fourth-order valence-electron chi connectivity index (χ4n) is 1.08. The largest absolute Gasteiger partial charge is 0.399 e. The Morgan fingerprint density at radius 1 is 1.36 bits per heavy atom. The molecule has 78 valence electrons. The van der Waals surface area contributed by atoms with E-state index < -0.39 is 12.2 Å². The fraction of sp³-hybridized carbons (Fsp3) is 0.333. The molecule has 0 aliphatic rings. The lowest BCUT2D eigenvalue weighted by Gasteiger charge is -2.17. The summed E-state index contributed by atoms with van der Waals surface area (Å²) in [5, 5.41) is 19.3. The summed E-state index contributed by atoms with van der Waals surface area (Å²) in [5.74, 6) is -0.0632. The van der Waals surface area contributed by atoms with Gasteiger partial charge in [0.25, 0.3) is 0 Å². The third-order valence-corrected chi connectivity index (χ3v) is 2.52. The Bertz CT molecular complexity index is 320. The number of hydrogen-bond donors (Lipinski definition) is 3. The van der Waals surface area contributed by atoms with Crippen molar-refractivity contribution in [1.82, 2.24) is 0 Å². The smallest absolute Gasteiger partial charge is 0.108 e. The molecule has 1 rings (SSSR count). The van der Waals surface area contributed by atoms with E-state index in [0.717, 1.165) is 0 Å². The molecule has 5 heteroatoms. The monoisotopic (exact) mass is 235 g/mol. The molecule has 4 N–H and O–H groups in total. The summed E-state index contributed by atoms with van der Waals surface area (Å²) in [6.07, 6.45) is -2.15. The Labute approximate surface area is 92.1 Å². The summed E-state index contributed by atoms with van der Waals surface area (Å²) in [6.45, 7) is 0. The van der Waals surface area contributed by atoms with Gasteiger partial charge in [-0.2, -0.15) is 0 Å². The first-order chi connectivity index (χ1) is 6.56. The Morgan fingerprint density at radius 2 is 2.00 bits per heavy atom. The van der Waals surface area contributed by atoms with Crippen molar-refractivity contribution in [2.75, 3.05) is 11.6 Å². The summed E-state index contributed by atoms with van der Waals surface area (Å²) in [5.41, 5.74) is 6.39. The van der Waals surface area contributed by atoms with Gasteiger partial charge in [0.05, 0.1) is 12.0 Å². The standard InChI is InChI=1S/C9H11Cl2NO2/c10-4-8(13)9(14)6-3-5(12)1-2-7(6)11/h1-3,8-9,13-14H,4,12H2. The molecule has 0 saturated carbocycles. The topological polar surface area (TPSA) is 66.5 Å². The predicted molar refractivity (Wildman–Crippen MR) is 57.6 cm³/mol. The maximum atomic E-state index is 9.62. The normalized spacial score (nSPS) is 15.1. The van der Waals surface area contributed by atoms with Crippen LogP contribution in [0.3, 0.4) is 0 Å². The molecule has 2 atom stereocenters. The molecule has 2 unspecified atom stereocenters. The van der Waals surface area contributed by atoms with Crippen molar-refractivity contribution in [3.05, 3.63) is 28.8 Å². The number of alkyl halides is 1. The summed E-state index contributed by atoms with van der Waals surface area (Å²) in [4.78, 5) is 0. The zero-order valence-electron chi connectivity index (χ0n) is 7.32. The Balaban J connectivity index is 2.99. The van der Waals surface area contributed by atoms with Gasteiger partial charge in [-0.15, -0.1) is 11.6 Å². The van der Waals surface area contributed by atoms with Crippen molar-refractivity contribution >= 4 is 28.9 Å². The van der Waals surface area contributed by atoms with Gasteiger partial charge in [-0.25, -0.2) is 0 Å². The van der Waals surface area contributed by atoms with Gasteiger partial charge in [0, 0.05) is 16.3 Å². The highest BCUT2D eigenvalue weighted by molar-refractivity contribution is 6.31. The Hall–Kier alpha value is -0.480. The molecule has 0 saturated heterocycles. The SMILES string of the molecule is Nc1ccc(Cl)c(C(O)C(O)CCl)c1. The maximum absolute atomic E-state index is 9.62. The van der Waals surface area contributed by atoms with Gasteiger partial charge in [0.2, 0.25) is 0 Å². The van der Waals surface area contributed by atoms with Gasteiger partial charge in [-0.05, 0) is 18.2 Å². The molecule has 0 amide bonds. The van der Waals surface area contributed by atoms with Crippen LogP contribution in [0.15, 0.2) is 18.2 Å². The highest BCUT2D eigenvalue weighted by atomic mass is 35.5. The minimum Gasteiger partial charge on any atom is -0.399 e. The zero-order valence-corrected chi connectivity index (χ0v) is 8.83. The minimum atomic E-state index is -1.11. The number of halogens is 2. The van der Waals surface area contributed by atoms with Crippen molar-refractivity contribution in [2.24, 2.45) is 0 Å². The van der Waals surface area contributed by atoms with Crippen LogP contribution in [0.4, 0.5) is 5.69 Å². The molecule has 0 heterocycles. The average Bonchev–Trinajstić information content (AvgIpc) is 2.19. The Morgan fingerprint density at radius 3 is 2.57 bits per heavy atom. The second-order valence-corrected chi connectivity index (χ2v) is 3.66. The fourth-order valence-corrected chi connectivity index (χ4v) is 1.48. The molecular formula is C9H11Cl2NO2. The zero-order chi connectivity index (χ0) is 10.7. The molecule has 0 fully saturated rings.